The van der Waals surface area contributed by atoms with E-state index in [1.165, 1.54) is 0 Å². The number of aliphatic hydroxyl groups is 1. The Morgan fingerprint density at radius 3 is 2.33 bits per heavy atom. The fraction of sp³-hybridized carbons (Fsp3) is 0.531. The molecule has 0 bridgehead atoms. The quantitative estimate of drug-likeness (QED) is 0.400. The van der Waals surface area contributed by atoms with E-state index < -0.39 is 29.6 Å². The summed E-state index contributed by atoms with van der Waals surface area (Å²) >= 11 is 0. The van der Waals surface area contributed by atoms with Crippen molar-refractivity contribution in [2.75, 3.05) is 39.4 Å². The van der Waals surface area contributed by atoms with Crippen LogP contribution in [0.15, 0.2) is 42.5 Å². The van der Waals surface area contributed by atoms with Gasteiger partial charge in [-0.2, -0.15) is 0 Å². The van der Waals surface area contributed by atoms with Crippen LogP contribution >= 0.6 is 0 Å². The summed E-state index contributed by atoms with van der Waals surface area (Å²) in [5.41, 5.74) is 1.85. The molecule has 2 N–H and O–H groups in total. The average molecular weight is 595 g/mol. The second-order valence-electron chi connectivity index (χ2n) is 12.0. The molecule has 2 aliphatic rings. The number of pyridine rings is 1. The zero-order valence-electron chi connectivity index (χ0n) is 25.4. The monoisotopic (exact) mass is 594 g/mol. The Labute approximate surface area is 252 Å². The number of aromatic nitrogens is 1. The fourth-order valence-electron chi connectivity index (χ4n) is 5.19. The lowest BCUT2D eigenvalue weighted by atomic mass is 10.0. The van der Waals surface area contributed by atoms with Crippen LogP contribution in [0, 0.1) is 5.92 Å². The molecule has 2 aromatic rings. The molecule has 2 fully saturated rings. The molecule has 1 aliphatic heterocycles. The van der Waals surface area contributed by atoms with Crippen LogP contribution in [0.2, 0.25) is 0 Å². The Hall–Kier alpha value is -3.99. The highest BCUT2D eigenvalue weighted by Crippen LogP contribution is 2.47. The zero-order chi connectivity index (χ0) is 31.1. The maximum Gasteiger partial charge on any atom is 0.409 e. The number of nitrogens with zero attached hydrogens (tertiary/aromatic N) is 3. The number of piperazine rings is 1. The third-order valence-corrected chi connectivity index (χ3v) is 7.51. The summed E-state index contributed by atoms with van der Waals surface area (Å²) in [5, 5.41) is 12.5. The highest BCUT2D eigenvalue weighted by Gasteiger charge is 2.38. The first-order valence-electron chi connectivity index (χ1n) is 14.9. The van der Waals surface area contributed by atoms with Gasteiger partial charge in [-0.3, -0.25) is 14.4 Å². The first-order valence-corrected chi connectivity index (χ1v) is 14.9. The maximum absolute atomic E-state index is 13.7. The van der Waals surface area contributed by atoms with Crippen LogP contribution in [-0.4, -0.2) is 94.8 Å². The molecule has 1 aromatic heterocycles. The van der Waals surface area contributed by atoms with E-state index in [-0.39, 0.29) is 62.6 Å². The number of aliphatic hydroxyl groups excluding tert-OH is 1. The van der Waals surface area contributed by atoms with E-state index in [0.717, 1.165) is 17.5 Å². The molecule has 0 radical (unpaired) electrons. The number of benzene rings is 1. The molecule has 2 unspecified atom stereocenters. The number of amides is 3. The Morgan fingerprint density at radius 1 is 1.05 bits per heavy atom. The van der Waals surface area contributed by atoms with Gasteiger partial charge in [0.2, 0.25) is 5.91 Å². The number of rotatable bonds is 10. The molecular formula is C32H42N4O7. The highest BCUT2D eigenvalue weighted by atomic mass is 16.6. The molecule has 3 atom stereocenters. The number of nitrogens with one attached hydrogen (secondary N) is 1. The summed E-state index contributed by atoms with van der Waals surface area (Å²) in [6, 6.07) is 12.2. The predicted octanol–water partition coefficient (Wildman–Crippen LogP) is 3.37. The second-order valence-corrected chi connectivity index (χ2v) is 12.0. The van der Waals surface area contributed by atoms with Crippen molar-refractivity contribution in [1.82, 2.24) is 20.1 Å². The number of esters is 1. The molecule has 11 heteroatoms. The second kappa shape index (κ2) is 14.0. The van der Waals surface area contributed by atoms with Crippen molar-refractivity contribution in [3.63, 3.8) is 0 Å². The van der Waals surface area contributed by atoms with E-state index in [9.17, 15) is 24.3 Å². The molecule has 1 saturated carbocycles. The van der Waals surface area contributed by atoms with Gasteiger partial charge in [-0.05, 0) is 70.1 Å². The first kappa shape index (κ1) is 31.9. The SMILES string of the molecule is CCOC(=O)N1CCN(C(=O)[C@H](CCC(=O)OC(C)(C)C)NC(=O)c2cc(C3CC3CO)cc(-c3ccccc3)n2)CC1. The van der Waals surface area contributed by atoms with Crippen LogP contribution in [0.1, 0.15) is 68.9 Å². The van der Waals surface area contributed by atoms with E-state index in [1.54, 1.807) is 43.6 Å². The summed E-state index contributed by atoms with van der Waals surface area (Å²) < 4.78 is 10.5. The van der Waals surface area contributed by atoms with Crippen molar-refractivity contribution in [2.24, 2.45) is 5.92 Å². The third-order valence-electron chi connectivity index (χ3n) is 7.51. The smallest absolute Gasteiger partial charge is 0.409 e. The number of carbonyl (C=O) groups is 4. The van der Waals surface area contributed by atoms with E-state index in [2.05, 4.69) is 10.3 Å². The minimum absolute atomic E-state index is 0.0397. The number of hydrogen-bond acceptors (Lipinski definition) is 8. The van der Waals surface area contributed by atoms with E-state index in [1.807, 2.05) is 36.4 Å². The van der Waals surface area contributed by atoms with Gasteiger partial charge >= 0.3 is 12.1 Å². The lowest BCUT2D eigenvalue weighted by Gasteiger charge is -2.36. The largest absolute Gasteiger partial charge is 0.460 e. The van der Waals surface area contributed by atoms with Crippen LogP contribution < -0.4 is 5.32 Å². The molecule has 1 saturated heterocycles. The lowest BCUT2D eigenvalue weighted by molar-refractivity contribution is -0.155. The number of carbonyl (C=O) groups excluding carboxylic acids is 4. The minimum atomic E-state index is -1.01. The summed E-state index contributed by atoms with van der Waals surface area (Å²) in [6.07, 6.45) is 0.367. The summed E-state index contributed by atoms with van der Waals surface area (Å²) in [7, 11) is 0. The normalized spacial score (nSPS) is 18.9. The minimum Gasteiger partial charge on any atom is -0.460 e. The van der Waals surface area contributed by atoms with Gasteiger partial charge in [0.1, 0.15) is 17.3 Å². The highest BCUT2D eigenvalue weighted by molar-refractivity contribution is 5.97. The molecular weight excluding hydrogens is 552 g/mol. The lowest BCUT2D eigenvalue weighted by Crippen LogP contribution is -2.56. The molecule has 43 heavy (non-hydrogen) atoms. The van der Waals surface area contributed by atoms with Gasteiger partial charge in [-0.1, -0.05) is 30.3 Å². The molecule has 2 heterocycles. The third kappa shape index (κ3) is 8.76. The van der Waals surface area contributed by atoms with Gasteiger partial charge in [0.15, 0.2) is 0 Å². The number of ether oxygens (including phenoxy) is 2. The van der Waals surface area contributed by atoms with Crippen molar-refractivity contribution in [3.8, 4) is 11.3 Å². The fourth-order valence-corrected chi connectivity index (χ4v) is 5.19. The molecule has 11 nitrogen and oxygen atoms in total. The van der Waals surface area contributed by atoms with Gasteiger partial charge in [0.25, 0.3) is 5.91 Å². The topological polar surface area (TPSA) is 138 Å². The van der Waals surface area contributed by atoms with Crippen molar-refractivity contribution in [3.05, 3.63) is 53.7 Å². The molecule has 1 aromatic carbocycles. The van der Waals surface area contributed by atoms with Crippen LogP contribution in [0.5, 0.6) is 0 Å². The summed E-state index contributed by atoms with van der Waals surface area (Å²) in [6.45, 7) is 8.51. The van der Waals surface area contributed by atoms with Gasteiger partial charge < -0.3 is 29.7 Å². The standard InChI is InChI=1S/C32H42N4O7/c1-5-42-31(41)36-15-13-35(14-16-36)30(40)25(11-12-28(38)43-32(2,3)4)34-29(39)27-19-22(24-17-23(24)20-37)18-26(33-27)21-9-7-6-8-10-21/h6-10,18-19,23-25,37H,5,11-17,20H2,1-4H3,(H,34,39)/t23?,24?,25-/m0/s1. The molecule has 1 aliphatic carbocycles. The van der Waals surface area contributed by atoms with Gasteiger partial charge in [0, 0.05) is 44.8 Å². The van der Waals surface area contributed by atoms with Gasteiger partial charge in [-0.25, -0.2) is 9.78 Å². The van der Waals surface area contributed by atoms with Crippen LogP contribution in [0.3, 0.4) is 0 Å². The summed E-state index contributed by atoms with van der Waals surface area (Å²) in [5.74, 6) is -1.09. The Morgan fingerprint density at radius 2 is 1.72 bits per heavy atom. The molecule has 4 rings (SSSR count). The Balaban J connectivity index is 1.54. The number of hydrogen-bond donors (Lipinski definition) is 2. The van der Waals surface area contributed by atoms with E-state index >= 15 is 0 Å². The molecule has 232 valence electrons. The van der Waals surface area contributed by atoms with Crippen LogP contribution in [-0.2, 0) is 19.1 Å². The zero-order valence-corrected chi connectivity index (χ0v) is 25.4. The van der Waals surface area contributed by atoms with Crippen molar-refractivity contribution < 1.29 is 33.8 Å². The van der Waals surface area contributed by atoms with Crippen molar-refractivity contribution in [1.29, 1.82) is 0 Å². The Kier molecular flexibility index (Phi) is 10.4. The van der Waals surface area contributed by atoms with E-state index in [0.29, 0.717) is 18.8 Å². The molecule has 3 amide bonds. The van der Waals surface area contributed by atoms with Gasteiger partial charge in [-0.15, -0.1) is 0 Å². The average Bonchev–Trinajstić information content (AvgIpc) is 3.79. The first-order chi connectivity index (χ1) is 20.5. The molecule has 0 spiro atoms. The predicted molar refractivity (Wildman–Crippen MR) is 159 cm³/mol. The van der Waals surface area contributed by atoms with Crippen molar-refractivity contribution >= 4 is 23.9 Å². The van der Waals surface area contributed by atoms with Crippen molar-refractivity contribution in [2.45, 2.75) is 64.5 Å². The van der Waals surface area contributed by atoms with Crippen LogP contribution in [0.25, 0.3) is 11.3 Å². The van der Waals surface area contributed by atoms with Crippen LogP contribution in [0.4, 0.5) is 4.79 Å². The Bertz CT molecular complexity index is 1300. The van der Waals surface area contributed by atoms with Gasteiger partial charge in [0.05, 0.1) is 12.3 Å². The van der Waals surface area contributed by atoms with E-state index in [4.69, 9.17) is 9.47 Å². The maximum atomic E-state index is 13.7. The summed E-state index contributed by atoms with van der Waals surface area (Å²) in [4.78, 5) is 59.8.